The molecule has 5 heteroatoms. The smallest absolute Gasteiger partial charge is 0.328 e. The quantitative estimate of drug-likeness (QED) is 0.728. The van der Waals surface area contributed by atoms with Gasteiger partial charge in [0.25, 0.3) is 5.91 Å². The Labute approximate surface area is 117 Å². The van der Waals surface area contributed by atoms with Gasteiger partial charge in [0.15, 0.2) is 0 Å². The number of hydrogen-bond acceptors (Lipinski definition) is 3. The molecule has 1 aromatic carbocycles. The Kier molecular flexibility index (Phi) is 4.32. The third kappa shape index (κ3) is 3.55. The van der Waals surface area contributed by atoms with Crippen LogP contribution in [0.4, 0.5) is 5.69 Å². The lowest BCUT2D eigenvalue weighted by molar-refractivity contribution is -0.131. The number of anilines is 1. The first-order chi connectivity index (χ1) is 9.56. The molecule has 1 aliphatic heterocycles. The van der Waals surface area contributed by atoms with E-state index in [2.05, 4.69) is 10.6 Å². The van der Waals surface area contributed by atoms with Crippen molar-refractivity contribution in [2.75, 3.05) is 18.4 Å². The summed E-state index contributed by atoms with van der Waals surface area (Å²) < 4.78 is 0. The summed E-state index contributed by atoms with van der Waals surface area (Å²) in [5.74, 6) is -1.13. The Balaban J connectivity index is 2.08. The summed E-state index contributed by atoms with van der Waals surface area (Å²) in [4.78, 5) is 22.5. The zero-order valence-electron chi connectivity index (χ0n) is 11.1. The molecule has 2 rings (SSSR count). The molecular formula is C15H16N2O3. The molecule has 0 atom stereocenters. The molecule has 1 aliphatic rings. The van der Waals surface area contributed by atoms with E-state index in [9.17, 15) is 9.59 Å². The molecular weight excluding hydrogens is 256 g/mol. The topological polar surface area (TPSA) is 78.4 Å². The van der Waals surface area contributed by atoms with E-state index in [-0.39, 0.29) is 5.91 Å². The lowest BCUT2D eigenvalue weighted by Crippen LogP contribution is -2.36. The second-order valence-corrected chi connectivity index (χ2v) is 4.58. The molecule has 0 aliphatic carbocycles. The fourth-order valence-electron chi connectivity index (χ4n) is 1.79. The van der Waals surface area contributed by atoms with Crippen LogP contribution >= 0.6 is 0 Å². The van der Waals surface area contributed by atoms with Gasteiger partial charge in [0.1, 0.15) is 0 Å². The van der Waals surface area contributed by atoms with Crippen LogP contribution < -0.4 is 10.6 Å². The van der Waals surface area contributed by atoms with Crippen LogP contribution in [0.15, 0.2) is 41.5 Å². The van der Waals surface area contributed by atoms with Crippen molar-refractivity contribution in [1.82, 2.24) is 5.32 Å². The summed E-state index contributed by atoms with van der Waals surface area (Å²) in [6, 6.07) is 7.04. The lowest BCUT2D eigenvalue weighted by Gasteiger charge is -2.21. The first kappa shape index (κ1) is 14.0. The Bertz CT molecular complexity index is 597. The van der Waals surface area contributed by atoms with Crippen molar-refractivity contribution in [2.45, 2.75) is 6.92 Å². The van der Waals surface area contributed by atoms with E-state index in [1.807, 2.05) is 0 Å². The number of carboxylic acids is 1. The predicted octanol–water partition coefficient (Wildman–Crippen LogP) is 1.64. The van der Waals surface area contributed by atoms with E-state index in [0.29, 0.717) is 5.69 Å². The minimum absolute atomic E-state index is 0.124. The summed E-state index contributed by atoms with van der Waals surface area (Å²) in [6.07, 6.45) is 2.55. The summed E-state index contributed by atoms with van der Waals surface area (Å²) in [5, 5.41) is 14.5. The maximum Gasteiger partial charge on any atom is 0.328 e. The molecule has 20 heavy (non-hydrogen) atoms. The molecule has 0 unspecified atom stereocenters. The van der Waals surface area contributed by atoms with Gasteiger partial charge in [-0.15, -0.1) is 0 Å². The zero-order chi connectivity index (χ0) is 14.5. The van der Waals surface area contributed by atoms with Gasteiger partial charge in [-0.3, -0.25) is 4.79 Å². The fraction of sp³-hybridized carbons (Fsp3) is 0.200. The Morgan fingerprint density at radius 3 is 2.70 bits per heavy atom. The number of rotatable bonds is 4. The third-order valence-corrected chi connectivity index (χ3v) is 3.11. The molecule has 0 spiro atoms. The first-order valence-electron chi connectivity index (χ1n) is 6.28. The molecule has 0 saturated carbocycles. The first-order valence-corrected chi connectivity index (χ1v) is 6.28. The van der Waals surface area contributed by atoms with Gasteiger partial charge in [-0.25, -0.2) is 4.79 Å². The van der Waals surface area contributed by atoms with Gasteiger partial charge in [-0.05, 0) is 36.3 Å². The van der Waals surface area contributed by atoms with E-state index in [1.54, 1.807) is 31.2 Å². The average molecular weight is 272 g/mol. The number of carbonyl (C=O) groups excluding carboxylic acids is 1. The van der Waals surface area contributed by atoms with Gasteiger partial charge in [0, 0.05) is 30.4 Å². The Morgan fingerprint density at radius 2 is 2.10 bits per heavy atom. The maximum atomic E-state index is 12.0. The molecule has 104 valence electrons. The number of amides is 1. The monoisotopic (exact) mass is 272 g/mol. The lowest BCUT2D eigenvalue weighted by atomic mass is 10.0. The standard InChI is InChI=1S/C15H16N2O3/c1-10(12-8-16-9-12)15(20)17-13-4-2-3-11(7-13)5-6-14(18)19/h2-7,16H,8-9H2,1H3,(H,17,20)(H,18,19)/b6-5+. The van der Waals surface area contributed by atoms with E-state index in [4.69, 9.17) is 5.11 Å². The number of nitrogens with one attached hydrogen (secondary N) is 2. The van der Waals surface area contributed by atoms with E-state index < -0.39 is 5.97 Å². The largest absolute Gasteiger partial charge is 0.478 e. The predicted molar refractivity (Wildman–Crippen MR) is 77.3 cm³/mol. The summed E-state index contributed by atoms with van der Waals surface area (Å²) in [7, 11) is 0. The SMILES string of the molecule is CC(C(=O)Nc1cccc(/C=C/C(=O)O)c1)=C1CNC1. The number of benzene rings is 1. The summed E-state index contributed by atoms with van der Waals surface area (Å²) in [6.45, 7) is 3.33. The molecule has 1 saturated heterocycles. The van der Waals surface area contributed by atoms with Gasteiger partial charge in [0.05, 0.1) is 0 Å². The molecule has 0 radical (unpaired) electrons. The van der Waals surface area contributed by atoms with E-state index in [1.165, 1.54) is 6.08 Å². The Hall–Kier alpha value is -2.40. The number of carboxylic acid groups (broad SMARTS) is 1. The average Bonchev–Trinajstić information content (AvgIpc) is 2.34. The highest BCUT2D eigenvalue weighted by Gasteiger charge is 2.15. The molecule has 1 heterocycles. The van der Waals surface area contributed by atoms with Crippen LogP contribution in [-0.4, -0.2) is 30.1 Å². The summed E-state index contributed by atoms with van der Waals surface area (Å²) in [5.41, 5.74) is 3.22. The van der Waals surface area contributed by atoms with Crippen LogP contribution in [0.25, 0.3) is 6.08 Å². The summed E-state index contributed by atoms with van der Waals surface area (Å²) >= 11 is 0. The minimum atomic E-state index is -1.00. The molecule has 3 N–H and O–H groups in total. The van der Waals surface area contributed by atoms with Crippen LogP contribution in [0.5, 0.6) is 0 Å². The number of hydrogen-bond donors (Lipinski definition) is 3. The van der Waals surface area contributed by atoms with Gasteiger partial charge in [0.2, 0.25) is 0 Å². The van der Waals surface area contributed by atoms with Crippen molar-refractivity contribution in [3.8, 4) is 0 Å². The highest BCUT2D eigenvalue weighted by atomic mass is 16.4. The van der Waals surface area contributed by atoms with E-state index >= 15 is 0 Å². The second-order valence-electron chi connectivity index (χ2n) is 4.58. The molecule has 1 fully saturated rings. The van der Waals surface area contributed by atoms with Gasteiger partial charge >= 0.3 is 5.97 Å². The third-order valence-electron chi connectivity index (χ3n) is 3.11. The minimum Gasteiger partial charge on any atom is -0.478 e. The highest BCUT2D eigenvalue weighted by molar-refractivity contribution is 6.04. The van der Waals surface area contributed by atoms with Crippen LogP contribution in [-0.2, 0) is 9.59 Å². The van der Waals surface area contributed by atoms with Gasteiger partial charge in [-0.1, -0.05) is 12.1 Å². The van der Waals surface area contributed by atoms with Crippen LogP contribution in [0.2, 0.25) is 0 Å². The number of carbonyl (C=O) groups is 2. The second kappa shape index (κ2) is 6.16. The molecule has 0 bridgehead atoms. The molecule has 1 amide bonds. The van der Waals surface area contributed by atoms with Crippen molar-refractivity contribution in [3.63, 3.8) is 0 Å². The van der Waals surface area contributed by atoms with Crippen molar-refractivity contribution in [2.24, 2.45) is 0 Å². The van der Waals surface area contributed by atoms with Crippen molar-refractivity contribution >= 4 is 23.6 Å². The van der Waals surface area contributed by atoms with E-state index in [0.717, 1.165) is 35.9 Å². The van der Waals surface area contributed by atoms with Gasteiger partial charge in [-0.2, -0.15) is 0 Å². The van der Waals surface area contributed by atoms with Crippen molar-refractivity contribution in [3.05, 3.63) is 47.1 Å². The fourth-order valence-corrected chi connectivity index (χ4v) is 1.79. The molecule has 0 aromatic heterocycles. The van der Waals surface area contributed by atoms with Crippen LogP contribution in [0.3, 0.4) is 0 Å². The normalized spacial score (nSPS) is 13.9. The molecule has 1 aromatic rings. The van der Waals surface area contributed by atoms with Crippen LogP contribution in [0.1, 0.15) is 12.5 Å². The van der Waals surface area contributed by atoms with Gasteiger partial charge < -0.3 is 15.7 Å². The van der Waals surface area contributed by atoms with Crippen molar-refractivity contribution in [1.29, 1.82) is 0 Å². The Morgan fingerprint density at radius 1 is 1.35 bits per heavy atom. The highest BCUT2D eigenvalue weighted by Crippen LogP contribution is 2.15. The van der Waals surface area contributed by atoms with Crippen molar-refractivity contribution < 1.29 is 14.7 Å². The van der Waals surface area contributed by atoms with Crippen LogP contribution in [0, 0.1) is 0 Å². The molecule has 5 nitrogen and oxygen atoms in total. The zero-order valence-corrected chi connectivity index (χ0v) is 11.1. The number of aliphatic carboxylic acids is 1. The maximum absolute atomic E-state index is 12.0.